The Labute approximate surface area is 182 Å². The molecule has 1 aromatic heterocycles. The van der Waals surface area contributed by atoms with Gasteiger partial charge in [0.2, 0.25) is 5.91 Å². The number of hydrogen-bond donors (Lipinski definition) is 1. The van der Waals surface area contributed by atoms with Gasteiger partial charge in [-0.1, -0.05) is 24.9 Å². The Hall–Kier alpha value is -2.54. The third kappa shape index (κ3) is 6.49. The zero-order chi connectivity index (χ0) is 22.3. The second kappa shape index (κ2) is 11.0. The number of unbranched alkanes of at least 4 members (excludes halogenated alkanes) is 1. The number of nitrogens with zero attached hydrogens (tertiary/aromatic N) is 3. The van der Waals surface area contributed by atoms with Crippen LogP contribution in [0.2, 0.25) is 5.02 Å². The lowest BCUT2D eigenvalue weighted by Gasteiger charge is -2.30. The SMILES string of the molecule is CCCCN(Cc1cccn1C)C(=O)CN(C(=O)Nc1ccc(F)c(Cl)c1)C(C)C. The van der Waals surface area contributed by atoms with E-state index in [2.05, 4.69) is 12.2 Å². The highest BCUT2D eigenvalue weighted by Gasteiger charge is 2.24. The van der Waals surface area contributed by atoms with Crippen molar-refractivity contribution in [2.24, 2.45) is 7.05 Å². The smallest absolute Gasteiger partial charge is 0.322 e. The molecule has 164 valence electrons. The fourth-order valence-corrected chi connectivity index (χ4v) is 3.18. The summed E-state index contributed by atoms with van der Waals surface area (Å²) in [6.45, 7) is 6.83. The summed E-state index contributed by atoms with van der Waals surface area (Å²) in [6.07, 6.45) is 3.80. The van der Waals surface area contributed by atoms with E-state index in [0.717, 1.165) is 18.5 Å². The average Bonchev–Trinajstić information content (AvgIpc) is 3.10. The van der Waals surface area contributed by atoms with Crippen molar-refractivity contribution in [3.05, 3.63) is 53.1 Å². The summed E-state index contributed by atoms with van der Waals surface area (Å²) < 4.78 is 15.3. The molecule has 0 radical (unpaired) electrons. The summed E-state index contributed by atoms with van der Waals surface area (Å²) in [5, 5.41) is 2.62. The van der Waals surface area contributed by atoms with Gasteiger partial charge in [-0.3, -0.25) is 4.79 Å². The maximum Gasteiger partial charge on any atom is 0.322 e. The fourth-order valence-electron chi connectivity index (χ4n) is 3.00. The summed E-state index contributed by atoms with van der Waals surface area (Å²) >= 11 is 5.79. The molecule has 0 saturated carbocycles. The van der Waals surface area contributed by atoms with Crippen molar-refractivity contribution in [3.63, 3.8) is 0 Å². The van der Waals surface area contributed by atoms with Gasteiger partial charge in [0.25, 0.3) is 0 Å². The number of carbonyl (C=O) groups excluding carboxylic acids is 2. The van der Waals surface area contributed by atoms with Crippen LogP contribution in [0.5, 0.6) is 0 Å². The molecule has 1 heterocycles. The van der Waals surface area contributed by atoms with Crippen molar-refractivity contribution in [2.45, 2.75) is 46.2 Å². The summed E-state index contributed by atoms with van der Waals surface area (Å²) in [4.78, 5) is 29.1. The molecule has 1 aromatic carbocycles. The van der Waals surface area contributed by atoms with Gasteiger partial charge in [0.05, 0.1) is 11.6 Å². The highest BCUT2D eigenvalue weighted by Crippen LogP contribution is 2.20. The van der Waals surface area contributed by atoms with Crippen molar-refractivity contribution in [3.8, 4) is 0 Å². The van der Waals surface area contributed by atoms with E-state index in [9.17, 15) is 14.0 Å². The molecule has 2 aromatic rings. The van der Waals surface area contributed by atoms with Crippen LogP contribution in [0.3, 0.4) is 0 Å². The first kappa shape index (κ1) is 23.7. The summed E-state index contributed by atoms with van der Waals surface area (Å²) in [6, 6.07) is 7.26. The van der Waals surface area contributed by atoms with Gasteiger partial charge in [0, 0.05) is 37.2 Å². The van der Waals surface area contributed by atoms with Crippen molar-refractivity contribution >= 4 is 29.2 Å². The predicted octanol–water partition coefficient (Wildman–Crippen LogP) is 4.89. The number of benzene rings is 1. The molecule has 0 unspecified atom stereocenters. The zero-order valence-electron chi connectivity index (χ0n) is 18.0. The van der Waals surface area contributed by atoms with Crippen LogP contribution in [0.15, 0.2) is 36.5 Å². The average molecular weight is 437 g/mol. The van der Waals surface area contributed by atoms with Gasteiger partial charge in [-0.15, -0.1) is 0 Å². The highest BCUT2D eigenvalue weighted by molar-refractivity contribution is 6.31. The van der Waals surface area contributed by atoms with Crippen LogP contribution >= 0.6 is 11.6 Å². The monoisotopic (exact) mass is 436 g/mol. The minimum Gasteiger partial charge on any atom is -0.353 e. The van der Waals surface area contributed by atoms with E-state index in [1.54, 1.807) is 4.90 Å². The van der Waals surface area contributed by atoms with E-state index in [0.29, 0.717) is 18.8 Å². The Morgan fingerprint density at radius 3 is 2.57 bits per heavy atom. The maximum absolute atomic E-state index is 13.4. The molecule has 0 saturated heterocycles. The van der Waals surface area contributed by atoms with Gasteiger partial charge in [-0.2, -0.15) is 0 Å². The van der Waals surface area contributed by atoms with Gasteiger partial charge < -0.3 is 19.7 Å². The Bertz CT molecular complexity index is 869. The van der Waals surface area contributed by atoms with Crippen molar-refractivity contribution in [2.75, 3.05) is 18.4 Å². The van der Waals surface area contributed by atoms with Crippen LogP contribution in [0, 0.1) is 5.82 Å². The first-order valence-corrected chi connectivity index (χ1v) is 10.5. The highest BCUT2D eigenvalue weighted by atomic mass is 35.5. The minimum absolute atomic E-state index is 0.0490. The van der Waals surface area contributed by atoms with Gasteiger partial charge >= 0.3 is 6.03 Å². The van der Waals surface area contributed by atoms with E-state index < -0.39 is 11.8 Å². The molecule has 6 nitrogen and oxygen atoms in total. The zero-order valence-corrected chi connectivity index (χ0v) is 18.7. The number of rotatable bonds is 9. The van der Waals surface area contributed by atoms with Crippen molar-refractivity contribution < 1.29 is 14.0 Å². The fraction of sp³-hybridized carbons (Fsp3) is 0.455. The maximum atomic E-state index is 13.4. The number of aromatic nitrogens is 1. The van der Waals surface area contributed by atoms with Gasteiger partial charge in [-0.05, 0) is 50.6 Å². The molecule has 2 rings (SSSR count). The third-order valence-electron chi connectivity index (χ3n) is 4.90. The van der Waals surface area contributed by atoms with Gasteiger partial charge in [0.1, 0.15) is 12.4 Å². The van der Waals surface area contributed by atoms with Crippen LogP contribution < -0.4 is 5.32 Å². The van der Waals surface area contributed by atoms with Crippen LogP contribution in [-0.4, -0.2) is 45.4 Å². The molecule has 0 aliphatic rings. The quantitative estimate of drug-likeness (QED) is 0.608. The number of anilines is 1. The summed E-state index contributed by atoms with van der Waals surface area (Å²) in [5.41, 5.74) is 1.40. The van der Waals surface area contributed by atoms with Crippen molar-refractivity contribution in [1.82, 2.24) is 14.4 Å². The predicted molar refractivity (Wildman–Crippen MR) is 118 cm³/mol. The molecule has 0 aliphatic heterocycles. The number of hydrogen-bond acceptors (Lipinski definition) is 2. The van der Waals surface area contributed by atoms with E-state index in [1.807, 2.05) is 43.8 Å². The van der Waals surface area contributed by atoms with E-state index in [1.165, 1.54) is 23.1 Å². The molecule has 8 heteroatoms. The number of aryl methyl sites for hydroxylation is 1. The number of amides is 3. The molecule has 1 N–H and O–H groups in total. The lowest BCUT2D eigenvalue weighted by atomic mass is 10.2. The molecule has 3 amide bonds. The number of urea groups is 1. The molecule has 30 heavy (non-hydrogen) atoms. The third-order valence-corrected chi connectivity index (χ3v) is 5.19. The Morgan fingerprint density at radius 2 is 2.00 bits per heavy atom. The van der Waals surface area contributed by atoms with Gasteiger partial charge in [0.15, 0.2) is 0 Å². The molecule has 0 atom stereocenters. The van der Waals surface area contributed by atoms with Crippen LogP contribution in [0.1, 0.15) is 39.3 Å². The van der Waals surface area contributed by atoms with E-state index >= 15 is 0 Å². The number of nitrogens with one attached hydrogen (secondary N) is 1. The Kier molecular flexibility index (Phi) is 8.72. The number of carbonyl (C=O) groups is 2. The first-order chi connectivity index (χ1) is 14.2. The molecular formula is C22H30ClFN4O2. The molecular weight excluding hydrogens is 407 g/mol. The van der Waals surface area contributed by atoms with Gasteiger partial charge in [-0.25, -0.2) is 9.18 Å². The Balaban J connectivity index is 2.11. The largest absolute Gasteiger partial charge is 0.353 e. The second-order valence-corrected chi connectivity index (χ2v) is 7.97. The van der Waals surface area contributed by atoms with Crippen molar-refractivity contribution in [1.29, 1.82) is 0 Å². The summed E-state index contributed by atoms with van der Waals surface area (Å²) in [7, 11) is 1.94. The number of halogens is 2. The normalized spacial score (nSPS) is 10.9. The minimum atomic E-state index is -0.558. The lowest BCUT2D eigenvalue weighted by Crippen LogP contribution is -2.47. The topological polar surface area (TPSA) is 57.6 Å². The van der Waals surface area contributed by atoms with Crippen LogP contribution in [-0.2, 0) is 18.4 Å². The second-order valence-electron chi connectivity index (χ2n) is 7.56. The Morgan fingerprint density at radius 1 is 1.27 bits per heavy atom. The molecule has 0 spiro atoms. The van der Waals surface area contributed by atoms with E-state index in [-0.39, 0.29) is 23.5 Å². The van der Waals surface area contributed by atoms with Crippen LogP contribution in [0.4, 0.5) is 14.9 Å². The molecule has 0 aliphatic carbocycles. The standard InChI is InChI=1S/C22H30ClFN4O2/c1-5-6-12-27(14-18-8-7-11-26(18)4)21(29)15-28(16(2)3)22(30)25-17-9-10-20(24)19(23)13-17/h7-11,13,16H,5-6,12,14-15H2,1-4H3,(H,25,30). The first-order valence-electron chi connectivity index (χ1n) is 10.1. The molecule has 0 bridgehead atoms. The van der Waals surface area contributed by atoms with E-state index in [4.69, 9.17) is 11.6 Å². The lowest BCUT2D eigenvalue weighted by molar-refractivity contribution is -0.132. The van der Waals surface area contributed by atoms with Crippen LogP contribution in [0.25, 0.3) is 0 Å². The molecule has 0 fully saturated rings. The summed E-state index contributed by atoms with van der Waals surface area (Å²) in [5.74, 6) is -0.677.